The van der Waals surface area contributed by atoms with Crippen molar-refractivity contribution in [3.05, 3.63) is 0 Å². The molecule has 1 heterocycles. The number of likely N-dealkylation sites (tertiary alicyclic amines) is 1. The summed E-state index contributed by atoms with van der Waals surface area (Å²) in [5.41, 5.74) is 5.12. The number of hydrogen-bond donors (Lipinski definition) is 2. The first kappa shape index (κ1) is 15.2. The molecule has 6 heteroatoms. The van der Waals surface area contributed by atoms with Gasteiger partial charge in [-0.25, -0.2) is 0 Å². The zero-order valence-electron chi connectivity index (χ0n) is 9.41. The van der Waals surface area contributed by atoms with Gasteiger partial charge in [0.1, 0.15) is 0 Å². The Kier molecular flexibility index (Phi) is 7.93. The topological polar surface area (TPSA) is 75.4 Å². The van der Waals surface area contributed by atoms with Gasteiger partial charge >= 0.3 is 0 Å². The summed E-state index contributed by atoms with van der Waals surface area (Å²) < 4.78 is 0. The maximum absolute atomic E-state index is 11.6. The van der Waals surface area contributed by atoms with Crippen LogP contribution in [-0.2, 0) is 9.59 Å². The van der Waals surface area contributed by atoms with Gasteiger partial charge in [0.25, 0.3) is 0 Å². The summed E-state index contributed by atoms with van der Waals surface area (Å²) in [5.74, 6) is -0.281. The van der Waals surface area contributed by atoms with E-state index >= 15 is 0 Å². The lowest BCUT2D eigenvalue weighted by atomic mass is 10.2. The van der Waals surface area contributed by atoms with Crippen molar-refractivity contribution >= 4 is 24.2 Å². The van der Waals surface area contributed by atoms with Crippen molar-refractivity contribution in [2.24, 2.45) is 5.73 Å². The van der Waals surface area contributed by atoms with E-state index in [4.69, 9.17) is 5.73 Å². The number of rotatable bonds is 3. The van der Waals surface area contributed by atoms with Gasteiger partial charge < -0.3 is 16.0 Å². The second kappa shape index (κ2) is 8.35. The normalized spacial score (nSPS) is 15.9. The van der Waals surface area contributed by atoms with Gasteiger partial charge in [-0.15, -0.1) is 12.4 Å². The summed E-state index contributed by atoms with van der Waals surface area (Å²) in [7, 11) is 0. The maximum atomic E-state index is 11.6. The average Bonchev–Trinajstić information content (AvgIpc) is 2.53. The Hall–Kier alpha value is -0.810. The van der Waals surface area contributed by atoms with Crippen molar-refractivity contribution in [2.45, 2.75) is 25.7 Å². The lowest BCUT2D eigenvalue weighted by Gasteiger charge is -2.20. The number of halogens is 1. The molecule has 5 nitrogen and oxygen atoms in total. The van der Waals surface area contributed by atoms with Crippen molar-refractivity contribution in [3.63, 3.8) is 0 Å². The van der Waals surface area contributed by atoms with Gasteiger partial charge in [0, 0.05) is 13.1 Å². The third kappa shape index (κ3) is 5.32. The molecule has 2 amide bonds. The van der Waals surface area contributed by atoms with Crippen LogP contribution in [0, 0.1) is 0 Å². The highest BCUT2D eigenvalue weighted by Crippen LogP contribution is 2.09. The molecule has 0 radical (unpaired) electrons. The first-order valence-corrected chi connectivity index (χ1v) is 5.48. The van der Waals surface area contributed by atoms with Gasteiger partial charge in [0.05, 0.1) is 13.1 Å². The van der Waals surface area contributed by atoms with Crippen molar-refractivity contribution in [2.75, 3.05) is 26.2 Å². The van der Waals surface area contributed by atoms with Gasteiger partial charge in [0.2, 0.25) is 11.8 Å². The van der Waals surface area contributed by atoms with Crippen LogP contribution < -0.4 is 11.1 Å². The van der Waals surface area contributed by atoms with Gasteiger partial charge in [-0.1, -0.05) is 12.8 Å². The van der Waals surface area contributed by atoms with E-state index in [1.54, 1.807) is 0 Å². The molecule has 0 unspecified atom stereocenters. The molecule has 1 fully saturated rings. The van der Waals surface area contributed by atoms with Gasteiger partial charge in [-0.05, 0) is 12.8 Å². The van der Waals surface area contributed by atoms with Crippen molar-refractivity contribution < 1.29 is 9.59 Å². The molecule has 1 saturated heterocycles. The third-order valence-electron chi connectivity index (χ3n) is 2.58. The molecule has 0 aliphatic carbocycles. The van der Waals surface area contributed by atoms with Crippen LogP contribution in [0.4, 0.5) is 0 Å². The second-order valence-electron chi connectivity index (χ2n) is 3.78. The largest absolute Gasteiger partial charge is 0.346 e. The third-order valence-corrected chi connectivity index (χ3v) is 2.58. The second-order valence-corrected chi connectivity index (χ2v) is 3.78. The predicted molar refractivity (Wildman–Crippen MR) is 64.4 cm³/mol. The molecule has 94 valence electrons. The van der Waals surface area contributed by atoms with E-state index in [9.17, 15) is 9.59 Å². The van der Waals surface area contributed by atoms with Crippen molar-refractivity contribution in [3.8, 4) is 0 Å². The van der Waals surface area contributed by atoms with Gasteiger partial charge in [-0.3, -0.25) is 9.59 Å². The van der Waals surface area contributed by atoms with Crippen LogP contribution >= 0.6 is 12.4 Å². The molecule has 0 spiro atoms. The lowest BCUT2D eigenvalue weighted by molar-refractivity contribution is -0.132. The van der Waals surface area contributed by atoms with E-state index in [1.165, 1.54) is 12.8 Å². The molecule has 16 heavy (non-hydrogen) atoms. The van der Waals surface area contributed by atoms with Crippen LogP contribution in [0.3, 0.4) is 0 Å². The zero-order valence-corrected chi connectivity index (χ0v) is 10.2. The Morgan fingerprint density at radius 1 is 1.12 bits per heavy atom. The summed E-state index contributed by atoms with van der Waals surface area (Å²) in [6.07, 6.45) is 4.52. The Bertz CT molecular complexity index is 228. The van der Waals surface area contributed by atoms with Gasteiger partial charge in [0.15, 0.2) is 0 Å². The van der Waals surface area contributed by atoms with E-state index in [1.807, 2.05) is 4.90 Å². The maximum Gasteiger partial charge on any atom is 0.241 e. The molecule has 0 saturated carbocycles. The molecule has 0 aromatic carbocycles. The van der Waals surface area contributed by atoms with Crippen molar-refractivity contribution in [1.82, 2.24) is 10.2 Å². The van der Waals surface area contributed by atoms with E-state index in [0.29, 0.717) is 0 Å². The number of hydrogen-bond acceptors (Lipinski definition) is 3. The van der Waals surface area contributed by atoms with Crippen molar-refractivity contribution in [1.29, 1.82) is 0 Å². The quantitative estimate of drug-likeness (QED) is 0.733. The standard InChI is InChI=1S/C10H19N3O2.ClH/c11-7-9(14)12-8-10(15)13-5-3-1-2-4-6-13;/h1-8,11H2,(H,12,14);1H. The molecule has 0 atom stereocenters. The number of carbonyl (C=O) groups is 2. The number of nitrogens with two attached hydrogens (primary N) is 1. The van der Waals surface area contributed by atoms with E-state index in [2.05, 4.69) is 5.32 Å². The molecule has 0 aromatic rings. The first-order valence-electron chi connectivity index (χ1n) is 5.48. The summed E-state index contributed by atoms with van der Waals surface area (Å²) in [6, 6.07) is 0. The Balaban J connectivity index is 0.00000225. The highest BCUT2D eigenvalue weighted by atomic mass is 35.5. The summed E-state index contributed by atoms with van der Waals surface area (Å²) in [4.78, 5) is 24.3. The SMILES string of the molecule is Cl.NCC(=O)NCC(=O)N1CCCCCC1. The number of nitrogens with one attached hydrogen (secondary N) is 1. The van der Waals surface area contributed by atoms with Crippen LogP contribution in [0.2, 0.25) is 0 Å². The zero-order chi connectivity index (χ0) is 11.1. The molecule has 0 bridgehead atoms. The molecule has 1 aliphatic rings. The minimum absolute atomic E-state index is 0. The van der Waals surface area contributed by atoms with E-state index < -0.39 is 0 Å². The van der Waals surface area contributed by atoms with Gasteiger partial charge in [-0.2, -0.15) is 0 Å². The number of carbonyl (C=O) groups excluding carboxylic acids is 2. The Morgan fingerprint density at radius 3 is 2.19 bits per heavy atom. The molecule has 3 N–H and O–H groups in total. The Labute approximate surface area is 102 Å². The number of amides is 2. The number of nitrogens with zero attached hydrogens (tertiary/aromatic N) is 1. The highest BCUT2D eigenvalue weighted by molar-refractivity contribution is 5.85. The van der Waals surface area contributed by atoms with Crippen LogP contribution in [-0.4, -0.2) is 42.9 Å². The molecule has 1 aliphatic heterocycles. The fourth-order valence-corrected chi connectivity index (χ4v) is 1.68. The van der Waals surface area contributed by atoms with Crippen LogP contribution in [0.25, 0.3) is 0 Å². The fourth-order valence-electron chi connectivity index (χ4n) is 1.68. The van der Waals surface area contributed by atoms with E-state index in [0.717, 1.165) is 25.9 Å². The lowest BCUT2D eigenvalue weighted by Crippen LogP contribution is -2.42. The molecule has 0 aromatic heterocycles. The predicted octanol–water partition coefficient (Wildman–Crippen LogP) is -0.114. The average molecular weight is 250 g/mol. The fraction of sp³-hybridized carbons (Fsp3) is 0.800. The molecule has 1 rings (SSSR count). The Morgan fingerprint density at radius 2 is 1.69 bits per heavy atom. The van der Waals surface area contributed by atoms with Crippen LogP contribution in [0.5, 0.6) is 0 Å². The smallest absolute Gasteiger partial charge is 0.241 e. The summed E-state index contributed by atoms with van der Waals surface area (Å²) in [5, 5.41) is 2.49. The minimum atomic E-state index is -0.279. The highest BCUT2D eigenvalue weighted by Gasteiger charge is 2.15. The van der Waals surface area contributed by atoms with Crippen LogP contribution in [0.1, 0.15) is 25.7 Å². The molecular formula is C10H20ClN3O2. The van der Waals surface area contributed by atoms with E-state index in [-0.39, 0.29) is 37.3 Å². The first-order chi connectivity index (χ1) is 7.24. The van der Waals surface area contributed by atoms with Crippen LogP contribution in [0.15, 0.2) is 0 Å². The summed E-state index contributed by atoms with van der Waals surface area (Å²) in [6.45, 7) is 1.65. The summed E-state index contributed by atoms with van der Waals surface area (Å²) >= 11 is 0. The molecular weight excluding hydrogens is 230 g/mol. The monoisotopic (exact) mass is 249 g/mol. The minimum Gasteiger partial charge on any atom is -0.346 e.